The zero-order valence-electron chi connectivity index (χ0n) is 11.8. The van der Waals surface area contributed by atoms with Gasteiger partial charge in [0.05, 0.1) is 10.7 Å². The van der Waals surface area contributed by atoms with Gasteiger partial charge in [0.1, 0.15) is 18.5 Å². The number of para-hydroxylation sites is 1. The molecule has 0 fully saturated rings. The molecule has 4 nitrogen and oxygen atoms in total. The Bertz CT molecular complexity index is 542. The number of rotatable bonds is 7. The fourth-order valence-corrected chi connectivity index (χ4v) is 2.43. The summed E-state index contributed by atoms with van der Waals surface area (Å²) in [7, 11) is 0. The van der Waals surface area contributed by atoms with Crippen LogP contribution in [0.2, 0.25) is 0 Å². The highest BCUT2D eigenvalue weighted by Crippen LogP contribution is 2.16. The molecule has 1 unspecified atom stereocenters. The van der Waals surface area contributed by atoms with Crippen molar-refractivity contribution < 1.29 is 9.84 Å². The highest BCUT2D eigenvalue weighted by atomic mass is 32.1. The maximum Gasteiger partial charge on any atom is 0.122 e. The van der Waals surface area contributed by atoms with Crippen molar-refractivity contribution in [1.82, 2.24) is 10.3 Å². The predicted molar refractivity (Wildman–Crippen MR) is 81.2 cm³/mol. The summed E-state index contributed by atoms with van der Waals surface area (Å²) in [6.07, 6.45) is -0.533. The number of nitrogens with one attached hydrogen (secondary N) is 1. The van der Waals surface area contributed by atoms with Gasteiger partial charge in [0.15, 0.2) is 0 Å². The lowest BCUT2D eigenvalue weighted by Gasteiger charge is -2.14. The average Bonchev–Trinajstić information content (AvgIpc) is 2.83. The molecule has 0 saturated heterocycles. The van der Waals surface area contributed by atoms with Crippen LogP contribution in [0.25, 0.3) is 0 Å². The molecule has 0 aliphatic heterocycles. The monoisotopic (exact) mass is 292 g/mol. The third-order valence-corrected chi connectivity index (χ3v) is 3.70. The third kappa shape index (κ3) is 4.59. The highest BCUT2D eigenvalue weighted by Gasteiger charge is 2.06. The molecule has 2 aromatic rings. The Morgan fingerprint density at radius 2 is 2.15 bits per heavy atom. The summed E-state index contributed by atoms with van der Waals surface area (Å²) >= 11 is 1.63. The number of hydrogen-bond donors (Lipinski definition) is 2. The number of aliphatic hydroxyl groups is 1. The van der Waals surface area contributed by atoms with E-state index in [0.29, 0.717) is 13.1 Å². The number of nitrogens with zero attached hydrogens (tertiary/aromatic N) is 1. The van der Waals surface area contributed by atoms with Gasteiger partial charge in [0.25, 0.3) is 0 Å². The smallest absolute Gasteiger partial charge is 0.122 e. The van der Waals surface area contributed by atoms with Crippen LogP contribution in [0, 0.1) is 13.8 Å². The van der Waals surface area contributed by atoms with E-state index in [-0.39, 0.29) is 6.61 Å². The second-order valence-corrected chi connectivity index (χ2v) is 5.78. The molecular formula is C15H20N2O2S. The van der Waals surface area contributed by atoms with Crippen LogP contribution in [0.1, 0.15) is 16.3 Å². The number of aliphatic hydroxyl groups excluding tert-OH is 1. The maximum atomic E-state index is 9.88. The van der Waals surface area contributed by atoms with Crippen LogP contribution in [-0.4, -0.2) is 29.3 Å². The summed E-state index contributed by atoms with van der Waals surface area (Å²) in [6.45, 7) is 5.42. The van der Waals surface area contributed by atoms with Crippen molar-refractivity contribution in [3.05, 3.63) is 45.9 Å². The lowest BCUT2D eigenvalue weighted by Crippen LogP contribution is -2.31. The summed E-state index contributed by atoms with van der Waals surface area (Å²) < 4.78 is 5.60. The SMILES string of the molecule is Cc1nc(CNCC(O)COc2ccccc2C)cs1. The lowest BCUT2D eigenvalue weighted by atomic mass is 10.2. The quantitative estimate of drug-likeness (QED) is 0.822. The van der Waals surface area contributed by atoms with E-state index in [1.54, 1.807) is 11.3 Å². The molecule has 0 spiro atoms. The largest absolute Gasteiger partial charge is 0.491 e. The van der Waals surface area contributed by atoms with Gasteiger partial charge in [-0.1, -0.05) is 18.2 Å². The fraction of sp³-hybridized carbons (Fsp3) is 0.400. The molecule has 5 heteroatoms. The normalized spacial score (nSPS) is 12.3. The molecule has 0 aliphatic carbocycles. The molecule has 1 atom stereocenters. The molecule has 1 heterocycles. The maximum absolute atomic E-state index is 9.88. The fourth-order valence-electron chi connectivity index (χ4n) is 1.82. The van der Waals surface area contributed by atoms with E-state index in [9.17, 15) is 5.11 Å². The van der Waals surface area contributed by atoms with E-state index < -0.39 is 6.10 Å². The van der Waals surface area contributed by atoms with Gasteiger partial charge in [-0.15, -0.1) is 11.3 Å². The van der Waals surface area contributed by atoms with Crippen LogP contribution in [-0.2, 0) is 6.54 Å². The summed E-state index contributed by atoms with van der Waals surface area (Å²) in [6, 6.07) is 7.80. The molecule has 108 valence electrons. The Hall–Kier alpha value is -1.43. The van der Waals surface area contributed by atoms with E-state index >= 15 is 0 Å². The van der Waals surface area contributed by atoms with Crippen LogP contribution in [0.3, 0.4) is 0 Å². The molecule has 1 aromatic carbocycles. The molecule has 2 rings (SSSR count). The van der Waals surface area contributed by atoms with Gasteiger partial charge in [-0.2, -0.15) is 0 Å². The standard InChI is InChI=1S/C15H20N2O2S/c1-11-5-3-4-6-15(11)19-9-14(18)8-16-7-13-10-20-12(2)17-13/h3-6,10,14,16,18H,7-9H2,1-2H3. The Kier molecular flexibility index (Phi) is 5.52. The molecule has 2 N–H and O–H groups in total. The zero-order valence-corrected chi connectivity index (χ0v) is 12.6. The van der Waals surface area contributed by atoms with E-state index in [4.69, 9.17) is 4.74 Å². The van der Waals surface area contributed by atoms with Crippen molar-refractivity contribution in [1.29, 1.82) is 0 Å². The first-order chi connectivity index (χ1) is 9.65. The molecule has 20 heavy (non-hydrogen) atoms. The van der Waals surface area contributed by atoms with Crippen molar-refractivity contribution in [3.8, 4) is 5.75 Å². The minimum Gasteiger partial charge on any atom is -0.491 e. The van der Waals surface area contributed by atoms with Gasteiger partial charge in [0, 0.05) is 18.5 Å². The van der Waals surface area contributed by atoms with Crippen LogP contribution in [0.5, 0.6) is 5.75 Å². The van der Waals surface area contributed by atoms with Crippen LogP contribution < -0.4 is 10.1 Å². The van der Waals surface area contributed by atoms with Gasteiger partial charge < -0.3 is 15.2 Å². The minimum absolute atomic E-state index is 0.286. The van der Waals surface area contributed by atoms with Gasteiger partial charge in [0.2, 0.25) is 0 Å². The molecule has 0 bridgehead atoms. The molecule has 0 amide bonds. The lowest BCUT2D eigenvalue weighted by molar-refractivity contribution is 0.106. The summed E-state index contributed by atoms with van der Waals surface area (Å²) in [4.78, 5) is 4.36. The van der Waals surface area contributed by atoms with Gasteiger partial charge in [-0.25, -0.2) is 4.98 Å². The number of thiazole rings is 1. The number of ether oxygens (including phenoxy) is 1. The third-order valence-electron chi connectivity index (χ3n) is 2.88. The number of aromatic nitrogens is 1. The zero-order chi connectivity index (χ0) is 14.4. The van der Waals surface area contributed by atoms with E-state index in [0.717, 1.165) is 22.0 Å². The first kappa shape index (κ1) is 15.0. The Morgan fingerprint density at radius 3 is 2.85 bits per heavy atom. The van der Waals surface area contributed by atoms with Crippen molar-refractivity contribution in [2.24, 2.45) is 0 Å². The number of aryl methyl sites for hydroxylation is 2. The first-order valence-corrected chi connectivity index (χ1v) is 7.51. The summed E-state index contributed by atoms with van der Waals surface area (Å²) in [5.41, 5.74) is 2.09. The van der Waals surface area contributed by atoms with E-state index in [2.05, 4.69) is 10.3 Å². The molecule has 1 aromatic heterocycles. The minimum atomic E-state index is -0.533. The Morgan fingerprint density at radius 1 is 1.35 bits per heavy atom. The molecule has 0 saturated carbocycles. The summed E-state index contributed by atoms with van der Waals surface area (Å²) in [5.74, 6) is 0.821. The predicted octanol–water partition coefficient (Wildman–Crippen LogP) is 2.29. The van der Waals surface area contributed by atoms with E-state index in [1.165, 1.54) is 0 Å². The second-order valence-electron chi connectivity index (χ2n) is 4.72. The van der Waals surface area contributed by atoms with Crippen molar-refractivity contribution in [2.45, 2.75) is 26.5 Å². The first-order valence-electron chi connectivity index (χ1n) is 6.63. The van der Waals surface area contributed by atoms with Gasteiger partial charge >= 0.3 is 0 Å². The number of hydrogen-bond acceptors (Lipinski definition) is 5. The van der Waals surface area contributed by atoms with Crippen LogP contribution in [0.15, 0.2) is 29.6 Å². The van der Waals surface area contributed by atoms with Crippen molar-refractivity contribution >= 4 is 11.3 Å². The second kappa shape index (κ2) is 7.38. The van der Waals surface area contributed by atoms with Gasteiger partial charge in [-0.3, -0.25) is 0 Å². The summed E-state index contributed by atoms with van der Waals surface area (Å²) in [5, 5.41) is 16.1. The van der Waals surface area contributed by atoms with Crippen molar-refractivity contribution in [2.75, 3.05) is 13.2 Å². The van der Waals surface area contributed by atoms with Crippen LogP contribution in [0.4, 0.5) is 0 Å². The van der Waals surface area contributed by atoms with Gasteiger partial charge in [-0.05, 0) is 25.5 Å². The van der Waals surface area contributed by atoms with Crippen LogP contribution >= 0.6 is 11.3 Å². The Labute approximate surface area is 123 Å². The average molecular weight is 292 g/mol. The molecular weight excluding hydrogens is 272 g/mol. The topological polar surface area (TPSA) is 54.4 Å². The number of benzene rings is 1. The molecule has 0 radical (unpaired) electrons. The van der Waals surface area contributed by atoms with E-state index in [1.807, 2.05) is 43.5 Å². The van der Waals surface area contributed by atoms with Crippen molar-refractivity contribution in [3.63, 3.8) is 0 Å². The Balaban J connectivity index is 1.68. The highest BCUT2D eigenvalue weighted by molar-refractivity contribution is 7.09. The molecule has 0 aliphatic rings.